The summed E-state index contributed by atoms with van der Waals surface area (Å²) in [6.45, 7) is 1.97. The molecule has 3 rings (SSSR count). The minimum absolute atomic E-state index is 0.308. The van der Waals surface area contributed by atoms with Crippen molar-refractivity contribution in [2.75, 3.05) is 40.6 Å². The van der Waals surface area contributed by atoms with Gasteiger partial charge in [-0.2, -0.15) is 10.5 Å². The van der Waals surface area contributed by atoms with E-state index < -0.39 is 0 Å². The van der Waals surface area contributed by atoms with Crippen LogP contribution in [0, 0.1) is 22.7 Å². The highest BCUT2D eigenvalue weighted by atomic mass is 16.5. The minimum atomic E-state index is 0.308. The lowest BCUT2D eigenvalue weighted by molar-refractivity contribution is 0.282. The summed E-state index contributed by atoms with van der Waals surface area (Å²) in [5.41, 5.74) is 3.64. The van der Waals surface area contributed by atoms with Crippen molar-refractivity contribution in [3.05, 3.63) is 82.9 Å². The molecule has 0 spiro atoms. The first-order chi connectivity index (χ1) is 28.6. The van der Waals surface area contributed by atoms with Crippen LogP contribution in [0.1, 0.15) is 151 Å². The first-order valence-corrected chi connectivity index (χ1v) is 21.7. The molecule has 0 aliphatic carbocycles. The second-order valence-electron chi connectivity index (χ2n) is 14.9. The van der Waals surface area contributed by atoms with Gasteiger partial charge in [0.05, 0.1) is 50.7 Å². The van der Waals surface area contributed by atoms with E-state index in [0.29, 0.717) is 60.2 Å². The third-order valence-electron chi connectivity index (χ3n) is 10.4. The summed E-state index contributed by atoms with van der Waals surface area (Å²) in [4.78, 5) is 0. The maximum absolute atomic E-state index is 10.2. The highest BCUT2D eigenvalue weighted by molar-refractivity contribution is 5.96. The zero-order valence-electron chi connectivity index (χ0n) is 35.3. The highest BCUT2D eigenvalue weighted by Gasteiger charge is 2.18. The zero-order chi connectivity index (χ0) is 41.5. The van der Waals surface area contributed by atoms with E-state index in [1.165, 1.54) is 77.0 Å². The van der Waals surface area contributed by atoms with Crippen LogP contribution >= 0.6 is 0 Å². The molecule has 8 heteroatoms. The average Bonchev–Trinajstić information content (AvgIpc) is 3.26. The summed E-state index contributed by atoms with van der Waals surface area (Å²) < 4.78 is 23.5. The molecule has 314 valence electrons. The predicted octanol–water partition coefficient (Wildman–Crippen LogP) is 12.4. The molecule has 0 aromatic heterocycles. The molecule has 0 saturated carbocycles. The van der Waals surface area contributed by atoms with Gasteiger partial charge in [-0.05, 0) is 85.4 Å². The van der Waals surface area contributed by atoms with Gasteiger partial charge in [-0.25, -0.2) is 0 Å². The van der Waals surface area contributed by atoms with E-state index in [2.05, 4.69) is 12.1 Å². The van der Waals surface area contributed by atoms with Crippen molar-refractivity contribution in [1.82, 2.24) is 0 Å². The Morgan fingerprint density at radius 3 is 1.03 bits per heavy atom. The molecular weight excluding hydrogens is 725 g/mol. The maximum Gasteiger partial charge on any atom is 0.128 e. The molecule has 3 aromatic rings. The molecular formula is C50H68N2O6. The lowest BCUT2D eigenvalue weighted by atomic mass is 9.96. The fourth-order valence-corrected chi connectivity index (χ4v) is 6.95. The van der Waals surface area contributed by atoms with Gasteiger partial charge >= 0.3 is 0 Å². The van der Waals surface area contributed by atoms with Crippen LogP contribution in [-0.2, 0) is 0 Å². The maximum atomic E-state index is 10.2. The fourth-order valence-electron chi connectivity index (χ4n) is 6.95. The van der Waals surface area contributed by atoms with E-state index in [1.54, 1.807) is 26.4 Å². The number of methoxy groups -OCH3 is 2. The van der Waals surface area contributed by atoms with E-state index in [4.69, 9.17) is 29.2 Å². The van der Waals surface area contributed by atoms with E-state index in [-0.39, 0.29) is 0 Å². The van der Waals surface area contributed by atoms with Crippen LogP contribution in [0.5, 0.6) is 23.0 Å². The number of hydrogen-bond acceptors (Lipinski definition) is 8. The summed E-state index contributed by atoms with van der Waals surface area (Å²) in [6, 6.07) is 23.6. The molecule has 2 N–H and O–H groups in total. The summed E-state index contributed by atoms with van der Waals surface area (Å²) >= 11 is 0. The Morgan fingerprint density at radius 2 is 0.759 bits per heavy atom. The molecule has 0 unspecified atom stereocenters. The number of unbranched alkanes of at least 4 members (excludes halogenated alkanes) is 18. The first-order valence-electron chi connectivity index (χ1n) is 21.7. The molecule has 3 aromatic carbocycles. The van der Waals surface area contributed by atoms with Gasteiger partial charge in [-0.15, -0.1) is 0 Å². The van der Waals surface area contributed by atoms with Crippen LogP contribution in [0.4, 0.5) is 0 Å². The number of allylic oxidation sites excluding steroid dienone is 2. The fraction of sp³-hybridized carbons (Fsp3) is 0.520. The molecule has 0 saturated heterocycles. The topological polar surface area (TPSA) is 125 Å². The Morgan fingerprint density at radius 1 is 0.466 bits per heavy atom. The number of benzene rings is 3. The van der Waals surface area contributed by atoms with Gasteiger partial charge in [-0.1, -0.05) is 127 Å². The van der Waals surface area contributed by atoms with Crippen LogP contribution in [0.25, 0.3) is 23.3 Å². The van der Waals surface area contributed by atoms with Crippen molar-refractivity contribution >= 4 is 23.3 Å². The number of aliphatic hydroxyl groups excluding tert-OH is 2. The minimum Gasteiger partial charge on any atom is -0.496 e. The summed E-state index contributed by atoms with van der Waals surface area (Å²) in [7, 11) is 3.11. The van der Waals surface area contributed by atoms with Crippen molar-refractivity contribution in [2.24, 2.45) is 0 Å². The van der Waals surface area contributed by atoms with Gasteiger partial charge in [0.25, 0.3) is 0 Å². The largest absolute Gasteiger partial charge is 0.496 e. The Labute approximate surface area is 349 Å². The quantitative estimate of drug-likeness (QED) is 0.0364. The number of aliphatic hydroxyl groups is 2. The van der Waals surface area contributed by atoms with E-state index in [1.807, 2.05) is 60.7 Å². The molecule has 0 heterocycles. The lowest BCUT2D eigenvalue weighted by Crippen LogP contribution is -1.98. The molecule has 0 amide bonds. The molecule has 0 fully saturated rings. The standard InChI is InChI=1S/C50H68N2O6/c1-55-49-37-48(44(40-52)36-42-25-29-46(30-26-42)58-34-22-18-14-10-6-4-8-12-16-20-32-54)50(56-2)38-47(49)43(39-51)35-41-23-27-45(28-24-41)57-33-21-17-13-9-5-3-7-11-15-19-31-53/h23-30,35-38,53-54H,3-22,31-34H2,1-2H3/b43-35+,44-36+. The highest BCUT2D eigenvalue weighted by Crippen LogP contribution is 2.38. The monoisotopic (exact) mass is 793 g/mol. The summed E-state index contributed by atoms with van der Waals surface area (Å²) in [6.07, 6.45) is 27.2. The third kappa shape index (κ3) is 18.7. The van der Waals surface area contributed by atoms with E-state index in [9.17, 15) is 10.5 Å². The van der Waals surface area contributed by atoms with Crippen LogP contribution < -0.4 is 18.9 Å². The Kier molecular flexibility index (Phi) is 24.9. The molecule has 0 radical (unpaired) electrons. The zero-order valence-corrected chi connectivity index (χ0v) is 35.3. The Balaban J connectivity index is 1.52. The number of nitriles is 2. The number of rotatable bonds is 32. The second-order valence-corrected chi connectivity index (χ2v) is 14.9. The number of ether oxygens (including phenoxy) is 4. The van der Waals surface area contributed by atoms with Crippen LogP contribution in [0.15, 0.2) is 60.7 Å². The van der Waals surface area contributed by atoms with Crippen LogP contribution in [-0.4, -0.2) is 50.9 Å². The van der Waals surface area contributed by atoms with Gasteiger partial charge in [0.2, 0.25) is 0 Å². The number of nitrogens with zero attached hydrogens (tertiary/aromatic N) is 2. The summed E-state index contributed by atoms with van der Waals surface area (Å²) in [5, 5.41) is 38.2. The first kappa shape index (κ1) is 47.6. The van der Waals surface area contributed by atoms with Crippen molar-refractivity contribution in [3.8, 4) is 35.1 Å². The van der Waals surface area contributed by atoms with Crippen LogP contribution in [0.3, 0.4) is 0 Å². The van der Waals surface area contributed by atoms with Gasteiger partial charge in [0, 0.05) is 24.3 Å². The molecule has 58 heavy (non-hydrogen) atoms. The van der Waals surface area contributed by atoms with Crippen molar-refractivity contribution in [3.63, 3.8) is 0 Å². The lowest BCUT2D eigenvalue weighted by Gasteiger charge is -2.15. The molecule has 0 atom stereocenters. The summed E-state index contributed by atoms with van der Waals surface area (Å²) in [5.74, 6) is 2.52. The van der Waals surface area contributed by atoms with Gasteiger partial charge in [0.15, 0.2) is 0 Å². The molecule has 0 bridgehead atoms. The van der Waals surface area contributed by atoms with E-state index in [0.717, 1.165) is 74.0 Å². The average molecular weight is 793 g/mol. The molecule has 8 nitrogen and oxygen atoms in total. The predicted molar refractivity (Wildman–Crippen MR) is 237 cm³/mol. The molecule has 0 aliphatic rings. The second kappa shape index (κ2) is 30.3. The van der Waals surface area contributed by atoms with Crippen molar-refractivity contribution in [1.29, 1.82) is 10.5 Å². The van der Waals surface area contributed by atoms with E-state index >= 15 is 0 Å². The van der Waals surface area contributed by atoms with Crippen LogP contribution in [0.2, 0.25) is 0 Å². The Bertz CT molecular complexity index is 1570. The number of hydrogen-bond donors (Lipinski definition) is 2. The van der Waals surface area contributed by atoms with Crippen molar-refractivity contribution < 1.29 is 29.2 Å². The van der Waals surface area contributed by atoms with Gasteiger partial charge in [0.1, 0.15) is 23.0 Å². The third-order valence-corrected chi connectivity index (χ3v) is 10.4. The Hall–Kier alpha value is -4.76. The van der Waals surface area contributed by atoms with Gasteiger partial charge < -0.3 is 29.2 Å². The SMILES string of the molecule is COc1cc(/C(C#N)=C/c2ccc(OCCCCCCCCCCCCO)cc2)c(OC)cc1/C(C#N)=C/c1ccc(OCCCCCCCCCCCCO)cc1. The van der Waals surface area contributed by atoms with Gasteiger partial charge in [-0.3, -0.25) is 0 Å². The smallest absolute Gasteiger partial charge is 0.128 e. The molecule has 0 aliphatic heterocycles. The normalized spacial score (nSPS) is 11.6. The van der Waals surface area contributed by atoms with Crippen molar-refractivity contribution in [2.45, 2.75) is 128 Å².